The zero-order valence-corrected chi connectivity index (χ0v) is 7.11. The van der Waals surface area contributed by atoms with E-state index in [1.807, 2.05) is 13.1 Å². The van der Waals surface area contributed by atoms with Crippen LogP contribution in [0.1, 0.15) is 29.8 Å². The van der Waals surface area contributed by atoms with Gasteiger partial charge in [0.2, 0.25) is 0 Å². The second-order valence-electron chi connectivity index (χ2n) is 2.31. The summed E-state index contributed by atoms with van der Waals surface area (Å²) >= 11 is 1.70. The van der Waals surface area contributed by atoms with E-state index in [-0.39, 0.29) is 6.04 Å². The van der Waals surface area contributed by atoms with Gasteiger partial charge in [-0.1, -0.05) is 6.92 Å². The molecule has 0 saturated heterocycles. The molecule has 2 N–H and O–H groups in total. The molecule has 10 heavy (non-hydrogen) atoms. The summed E-state index contributed by atoms with van der Waals surface area (Å²) in [4.78, 5) is 5.49. The average molecular weight is 156 g/mol. The molecule has 0 aliphatic rings. The summed E-state index contributed by atoms with van der Waals surface area (Å²) < 4.78 is 0. The van der Waals surface area contributed by atoms with Crippen LogP contribution in [0.2, 0.25) is 0 Å². The van der Waals surface area contributed by atoms with Crippen molar-refractivity contribution in [3.8, 4) is 0 Å². The Bertz CT molecular complexity index is 205. The van der Waals surface area contributed by atoms with E-state index in [4.69, 9.17) is 5.73 Å². The number of thiazole rings is 1. The van der Waals surface area contributed by atoms with E-state index >= 15 is 0 Å². The predicted octanol–water partition coefficient (Wildman–Crippen LogP) is 1.73. The maximum atomic E-state index is 5.63. The Labute approximate surface area is 65.1 Å². The van der Waals surface area contributed by atoms with Crippen molar-refractivity contribution >= 4 is 11.3 Å². The Morgan fingerprint density at radius 3 is 2.80 bits per heavy atom. The minimum atomic E-state index is 0.0882. The average Bonchev–Trinajstić information content (AvgIpc) is 2.34. The molecule has 1 aromatic heterocycles. The molecule has 0 radical (unpaired) electrons. The fourth-order valence-corrected chi connectivity index (χ4v) is 1.51. The summed E-state index contributed by atoms with van der Waals surface area (Å²) in [6.07, 6.45) is 2.97. The summed E-state index contributed by atoms with van der Waals surface area (Å²) in [6.45, 7) is 4.08. The van der Waals surface area contributed by atoms with Crippen molar-refractivity contribution in [2.75, 3.05) is 0 Å². The van der Waals surface area contributed by atoms with Crippen LogP contribution >= 0.6 is 11.3 Å². The minimum absolute atomic E-state index is 0.0882. The number of aryl methyl sites for hydroxylation is 1. The van der Waals surface area contributed by atoms with Gasteiger partial charge in [0.05, 0.1) is 6.04 Å². The summed E-state index contributed by atoms with van der Waals surface area (Å²) in [6, 6.07) is 0.0882. The molecule has 1 rings (SSSR count). The molecule has 3 heteroatoms. The van der Waals surface area contributed by atoms with Crippen LogP contribution in [0.25, 0.3) is 0 Å². The van der Waals surface area contributed by atoms with E-state index < -0.39 is 0 Å². The van der Waals surface area contributed by atoms with E-state index in [0.717, 1.165) is 11.4 Å². The second kappa shape index (κ2) is 3.12. The number of rotatable bonds is 2. The minimum Gasteiger partial charge on any atom is -0.322 e. The van der Waals surface area contributed by atoms with E-state index in [1.54, 1.807) is 11.3 Å². The topological polar surface area (TPSA) is 38.9 Å². The highest BCUT2D eigenvalue weighted by Gasteiger charge is 2.03. The molecule has 0 aliphatic heterocycles. The molecule has 56 valence electrons. The molecule has 1 unspecified atom stereocenters. The van der Waals surface area contributed by atoms with E-state index in [1.165, 1.54) is 4.88 Å². The smallest absolute Gasteiger partial charge is 0.109 e. The molecular weight excluding hydrogens is 144 g/mol. The van der Waals surface area contributed by atoms with Gasteiger partial charge in [-0.15, -0.1) is 11.3 Å². The molecule has 0 aromatic carbocycles. The summed E-state index contributed by atoms with van der Waals surface area (Å²) in [5.74, 6) is 0. The third kappa shape index (κ3) is 1.55. The van der Waals surface area contributed by atoms with Gasteiger partial charge in [0.1, 0.15) is 5.01 Å². The van der Waals surface area contributed by atoms with Crippen LogP contribution in [-0.4, -0.2) is 4.98 Å². The van der Waals surface area contributed by atoms with Gasteiger partial charge in [-0.05, 0) is 13.3 Å². The van der Waals surface area contributed by atoms with Gasteiger partial charge >= 0.3 is 0 Å². The van der Waals surface area contributed by atoms with Crippen LogP contribution in [0.15, 0.2) is 6.20 Å². The fourth-order valence-electron chi connectivity index (χ4n) is 0.697. The highest BCUT2D eigenvalue weighted by atomic mass is 32.1. The van der Waals surface area contributed by atoms with Gasteiger partial charge < -0.3 is 5.73 Å². The van der Waals surface area contributed by atoms with Gasteiger partial charge in [-0.3, -0.25) is 0 Å². The van der Waals surface area contributed by atoms with Crippen molar-refractivity contribution in [1.82, 2.24) is 4.98 Å². The quantitative estimate of drug-likeness (QED) is 0.708. The maximum absolute atomic E-state index is 5.63. The van der Waals surface area contributed by atoms with Crippen LogP contribution < -0.4 is 5.73 Å². The van der Waals surface area contributed by atoms with Crippen molar-refractivity contribution in [3.05, 3.63) is 16.1 Å². The largest absolute Gasteiger partial charge is 0.322 e. The van der Waals surface area contributed by atoms with E-state index in [0.29, 0.717) is 0 Å². The van der Waals surface area contributed by atoms with Crippen molar-refractivity contribution in [2.45, 2.75) is 26.3 Å². The Balaban J connectivity index is 2.78. The molecule has 1 atom stereocenters. The first kappa shape index (κ1) is 7.69. The molecule has 1 aromatic rings. The van der Waals surface area contributed by atoms with Gasteiger partial charge in [-0.25, -0.2) is 4.98 Å². The first-order valence-corrected chi connectivity index (χ1v) is 4.26. The molecule has 0 spiro atoms. The van der Waals surface area contributed by atoms with Crippen molar-refractivity contribution < 1.29 is 0 Å². The lowest BCUT2D eigenvalue weighted by Gasteiger charge is -1.95. The van der Waals surface area contributed by atoms with Crippen molar-refractivity contribution in [3.63, 3.8) is 0 Å². The number of hydrogen-bond acceptors (Lipinski definition) is 3. The third-order valence-corrected chi connectivity index (χ3v) is 2.65. The third-order valence-electron chi connectivity index (χ3n) is 1.31. The number of aromatic nitrogens is 1. The Morgan fingerprint density at radius 1 is 1.80 bits per heavy atom. The van der Waals surface area contributed by atoms with Crippen LogP contribution in [0.5, 0.6) is 0 Å². The lowest BCUT2D eigenvalue weighted by Crippen LogP contribution is -2.03. The Hall–Kier alpha value is -0.410. The van der Waals surface area contributed by atoms with E-state index in [9.17, 15) is 0 Å². The zero-order valence-electron chi connectivity index (χ0n) is 6.29. The van der Waals surface area contributed by atoms with Crippen molar-refractivity contribution in [2.24, 2.45) is 5.73 Å². The first-order valence-electron chi connectivity index (χ1n) is 3.44. The maximum Gasteiger partial charge on any atom is 0.109 e. The highest BCUT2D eigenvalue weighted by molar-refractivity contribution is 7.11. The predicted molar refractivity (Wildman–Crippen MR) is 44.1 cm³/mol. The SMILES string of the molecule is CCc1cnc(C(C)N)s1. The monoisotopic (exact) mass is 156 g/mol. The highest BCUT2D eigenvalue weighted by Crippen LogP contribution is 2.17. The first-order chi connectivity index (χ1) is 4.74. The Morgan fingerprint density at radius 2 is 2.50 bits per heavy atom. The summed E-state index contributed by atoms with van der Waals surface area (Å²) in [5, 5.41) is 1.04. The second-order valence-corrected chi connectivity index (χ2v) is 3.45. The van der Waals surface area contributed by atoms with Gasteiger partial charge in [0.25, 0.3) is 0 Å². The molecule has 0 amide bonds. The van der Waals surface area contributed by atoms with Crippen LogP contribution in [0, 0.1) is 0 Å². The molecule has 0 saturated carbocycles. The fraction of sp³-hybridized carbons (Fsp3) is 0.571. The standard InChI is InChI=1S/C7H12N2S/c1-3-6-4-9-7(10-6)5(2)8/h4-5H,3,8H2,1-2H3. The van der Waals surface area contributed by atoms with Gasteiger partial charge in [0, 0.05) is 11.1 Å². The normalized spacial score (nSPS) is 13.5. The molecular formula is C7H12N2S. The van der Waals surface area contributed by atoms with E-state index in [2.05, 4.69) is 11.9 Å². The lowest BCUT2D eigenvalue weighted by atomic mass is 10.4. The molecule has 1 heterocycles. The molecule has 0 fully saturated rings. The van der Waals surface area contributed by atoms with Gasteiger partial charge in [0.15, 0.2) is 0 Å². The van der Waals surface area contributed by atoms with Crippen LogP contribution in [0.3, 0.4) is 0 Å². The molecule has 2 nitrogen and oxygen atoms in total. The van der Waals surface area contributed by atoms with Crippen LogP contribution in [0.4, 0.5) is 0 Å². The zero-order chi connectivity index (χ0) is 7.56. The van der Waals surface area contributed by atoms with Crippen molar-refractivity contribution in [1.29, 1.82) is 0 Å². The number of nitrogens with two attached hydrogens (primary N) is 1. The molecule has 0 bridgehead atoms. The molecule has 0 aliphatic carbocycles. The number of hydrogen-bond donors (Lipinski definition) is 1. The summed E-state index contributed by atoms with van der Waals surface area (Å²) in [7, 11) is 0. The number of nitrogens with zero attached hydrogens (tertiary/aromatic N) is 1. The van der Waals surface area contributed by atoms with Gasteiger partial charge in [-0.2, -0.15) is 0 Å². The van der Waals surface area contributed by atoms with Crippen LogP contribution in [-0.2, 0) is 6.42 Å². The Kier molecular flexibility index (Phi) is 2.40. The summed E-state index contributed by atoms with van der Waals surface area (Å²) in [5.41, 5.74) is 5.63. The lowest BCUT2D eigenvalue weighted by molar-refractivity contribution is 0.807.